The molecule has 4 aliphatic rings. The molecule has 3 heteroatoms. The molecule has 0 aliphatic heterocycles. The van der Waals surface area contributed by atoms with Gasteiger partial charge in [-0.25, -0.2) is 0 Å². The van der Waals surface area contributed by atoms with E-state index in [0.29, 0.717) is 48.7 Å². The molecule has 0 N–H and O–H groups in total. The summed E-state index contributed by atoms with van der Waals surface area (Å²) in [6.07, 6.45) is 8.56. The molecule has 4 aliphatic carbocycles. The van der Waals surface area contributed by atoms with Crippen LogP contribution in [0.4, 0.5) is 0 Å². The summed E-state index contributed by atoms with van der Waals surface area (Å²) < 4.78 is 0. The first-order chi connectivity index (χ1) is 10.9. The molecule has 4 rings (SSSR count). The summed E-state index contributed by atoms with van der Waals surface area (Å²) in [7, 11) is 0. The van der Waals surface area contributed by atoms with Gasteiger partial charge in [-0.05, 0) is 61.9 Å². The maximum Gasteiger partial charge on any atom is 0.155 e. The lowest BCUT2D eigenvalue weighted by Gasteiger charge is -2.58. The fourth-order valence-corrected chi connectivity index (χ4v) is 6.63. The van der Waals surface area contributed by atoms with Gasteiger partial charge in [0.15, 0.2) is 5.78 Å². The molecule has 3 nitrogen and oxygen atoms in total. The minimum atomic E-state index is -0.419. The molecule has 0 heterocycles. The number of allylic oxidation sites excluding steroid dienone is 1. The van der Waals surface area contributed by atoms with E-state index in [2.05, 4.69) is 13.8 Å². The summed E-state index contributed by atoms with van der Waals surface area (Å²) >= 11 is 0. The lowest BCUT2D eigenvalue weighted by Crippen LogP contribution is -2.54. The van der Waals surface area contributed by atoms with Gasteiger partial charge in [0.1, 0.15) is 12.1 Å². The number of aldehydes is 1. The fourth-order valence-electron chi connectivity index (χ4n) is 6.63. The molecule has 6 atom stereocenters. The van der Waals surface area contributed by atoms with E-state index in [1.165, 1.54) is 0 Å². The van der Waals surface area contributed by atoms with Gasteiger partial charge in [-0.2, -0.15) is 0 Å². The van der Waals surface area contributed by atoms with E-state index in [4.69, 9.17) is 0 Å². The van der Waals surface area contributed by atoms with Crippen LogP contribution < -0.4 is 0 Å². The number of carbonyl (C=O) groups is 3. The van der Waals surface area contributed by atoms with E-state index < -0.39 is 5.41 Å². The van der Waals surface area contributed by atoms with Crippen LogP contribution in [0.5, 0.6) is 0 Å². The molecule has 3 fully saturated rings. The molecule has 0 amide bonds. The van der Waals surface area contributed by atoms with Crippen LogP contribution in [0.1, 0.15) is 58.8 Å². The summed E-state index contributed by atoms with van der Waals surface area (Å²) in [5, 5.41) is 0. The summed E-state index contributed by atoms with van der Waals surface area (Å²) in [5.41, 5.74) is 0.508. The summed E-state index contributed by atoms with van der Waals surface area (Å²) in [6.45, 7) is 4.43. The van der Waals surface area contributed by atoms with Crippen LogP contribution in [0.25, 0.3) is 0 Å². The van der Waals surface area contributed by atoms with Gasteiger partial charge >= 0.3 is 0 Å². The standard InChI is InChI=1S/C20H26O3/c1-12-9-13-10-14(22)5-8-20(13,11-21)16-6-7-19(2)15(18(12)16)3-4-17(19)23/h10-12,15-16,18H,3-9H2,1-2H3/t12?,15?,16?,18?,19-,20+/m0/s1. The Bertz CT molecular complexity index is 618. The number of ketones is 2. The van der Waals surface area contributed by atoms with E-state index in [1.807, 2.05) is 0 Å². The van der Waals surface area contributed by atoms with Gasteiger partial charge in [-0.15, -0.1) is 0 Å². The van der Waals surface area contributed by atoms with Crippen molar-refractivity contribution in [3.8, 4) is 0 Å². The van der Waals surface area contributed by atoms with Crippen molar-refractivity contribution in [2.75, 3.05) is 0 Å². The van der Waals surface area contributed by atoms with Crippen molar-refractivity contribution in [1.82, 2.24) is 0 Å². The molecule has 0 saturated heterocycles. The Morgan fingerprint density at radius 1 is 1.13 bits per heavy atom. The van der Waals surface area contributed by atoms with E-state index >= 15 is 0 Å². The zero-order valence-corrected chi connectivity index (χ0v) is 14.1. The number of hydrogen-bond acceptors (Lipinski definition) is 3. The molecule has 0 bridgehead atoms. The molecular formula is C20H26O3. The third-order valence-corrected chi connectivity index (χ3v) is 7.83. The normalized spacial score (nSPS) is 49.0. The third kappa shape index (κ3) is 1.85. The second-order valence-corrected chi connectivity index (χ2v) is 8.68. The Labute approximate surface area is 137 Å². The number of carbonyl (C=O) groups excluding carboxylic acids is 3. The van der Waals surface area contributed by atoms with Gasteiger partial charge in [-0.3, -0.25) is 9.59 Å². The molecular weight excluding hydrogens is 288 g/mol. The number of rotatable bonds is 1. The molecule has 0 radical (unpaired) electrons. The van der Waals surface area contributed by atoms with Crippen molar-refractivity contribution in [3.05, 3.63) is 11.6 Å². The highest BCUT2D eigenvalue weighted by Crippen LogP contribution is 2.65. The lowest BCUT2D eigenvalue weighted by atomic mass is 9.45. The van der Waals surface area contributed by atoms with Crippen molar-refractivity contribution >= 4 is 17.9 Å². The predicted octanol–water partition coefficient (Wildman–Crippen LogP) is 3.51. The molecule has 3 saturated carbocycles. The smallest absolute Gasteiger partial charge is 0.155 e. The molecule has 0 aromatic heterocycles. The second-order valence-electron chi connectivity index (χ2n) is 8.68. The molecule has 0 aromatic rings. The maximum absolute atomic E-state index is 12.5. The molecule has 0 aromatic carbocycles. The first-order valence-electron chi connectivity index (χ1n) is 9.16. The average Bonchev–Trinajstić information content (AvgIpc) is 2.83. The van der Waals surface area contributed by atoms with Gasteiger partial charge < -0.3 is 4.79 Å². The second kappa shape index (κ2) is 4.87. The van der Waals surface area contributed by atoms with Gasteiger partial charge in [0.05, 0.1) is 5.41 Å². The molecule has 124 valence electrons. The molecule has 4 unspecified atom stereocenters. The Morgan fingerprint density at radius 2 is 1.91 bits per heavy atom. The largest absolute Gasteiger partial charge is 0.302 e. The van der Waals surface area contributed by atoms with Crippen molar-refractivity contribution in [3.63, 3.8) is 0 Å². The number of hydrogen-bond donors (Lipinski definition) is 0. The Kier molecular flexibility index (Phi) is 3.24. The average molecular weight is 314 g/mol. The van der Waals surface area contributed by atoms with Crippen LogP contribution in [0.2, 0.25) is 0 Å². The van der Waals surface area contributed by atoms with Crippen LogP contribution in [0, 0.1) is 34.5 Å². The zero-order chi connectivity index (χ0) is 16.4. The zero-order valence-electron chi connectivity index (χ0n) is 14.1. The SMILES string of the molecule is CC1CC2=CC(=O)CC[C@]2(C=O)C2CC[C@]3(C)C(=O)CCC3C12. The summed E-state index contributed by atoms with van der Waals surface area (Å²) in [6, 6.07) is 0. The van der Waals surface area contributed by atoms with Crippen molar-refractivity contribution in [1.29, 1.82) is 0 Å². The predicted molar refractivity (Wildman–Crippen MR) is 86.7 cm³/mol. The first kappa shape index (κ1) is 15.3. The van der Waals surface area contributed by atoms with E-state index in [0.717, 1.165) is 37.5 Å². The molecule has 23 heavy (non-hydrogen) atoms. The van der Waals surface area contributed by atoms with Crippen LogP contribution >= 0.6 is 0 Å². The fraction of sp³-hybridized carbons (Fsp3) is 0.750. The molecule has 0 spiro atoms. The van der Waals surface area contributed by atoms with E-state index in [1.54, 1.807) is 6.08 Å². The van der Waals surface area contributed by atoms with E-state index in [-0.39, 0.29) is 11.2 Å². The minimum absolute atomic E-state index is 0.162. The van der Waals surface area contributed by atoms with Gasteiger partial charge in [0.2, 0.25) is 0 Å². The Morgan fingerprint density at radius 3 is 2.65 bits per heavy atom. The van der Waals surface area contributed by atoms with Crippen molar-refractivity contribution in [2.45, 2.75) is 58.8 Å². The van der Waals surface area contributed by atoms with E-state index in [9.17, 15) is 14.4 Å². The van der Waals surface area contributed by atoms with Crippen molar-refractivity contribution in [2.24, 2.45) is 34.5 Å². The maximum atomic E-state index is 12.5. The van der Waals surface area contributed by atoms with Crippen molar-refractivity contribution < 1.29 is 14.4 Å². The Balaban J connectivity index is 1.79. The number of Topliss-reactive ketones (excluding diaryl/α,β-unsaturated/α-hetero) is 1. The lowest BCUT2D eigenvalue weighted by molar-refractivity contribution is -0.138. The quantitative estimate of drug-likeness (QED) is 0.696. The first-order valence-corrected chi connectivity index (χ1v) is 9.16. The van der Waals surface area contributed by atoms with Crippen LogP contribution in [-0.4, -0.2) is 17.9 Å². The summed E-state index contributed by atoms with van der Waals surface area (Å²) in [4.78, 5) is 36.5. The third-order valence-electron chi connectivity index (χ3n) is 7.83. The van der Waals surface area contributed by atoms with Gasteiger partial charge in [-0.1, -0.05) is 19.4 Å². The Hall–Kier alpha value is -1.25. The topological polar surface area (TPSA) is 51.2 Å². The van der Waals surface area contributed by atoms with Crippen LogP contribution in [0.3, 0.4) is 0 Å². The monoisotopic (exact) mass is 314 g/mol. The van der Waals surface area contributed by atoms with Gasteiger partial charge in [0.25, 0.3) is 0 Å². The highest BCUT2D eigenvalue weighted by molar-refractivity contribution is 5.93. The number of fused-ring (bicyclic) bond motifs is 5. The van der Waals surface area contributed by atoms with Gasteiger partial charge in [0, 0.05) is 18.3 Å². The minimum Gasteiger partial charge on any atom is -0.302 e. The highest BCUT2D eigenvalue weighted by atomic mass is 16.1. The van der Waals surface area contributed by atoms with Crippen LogP contribution in [0.15, 0.2) is 11.6 Å². The van der Waals surface area contributed by atoms with Crippen LogP contribution in [-0.2, 0) is 14.4 Å². The highest BCUT2D eigenvalue weighted by Gasteiger charge is 2.61. The summed E-state index contributed by atoms with van der Waals surface area (Å²) in [5.74, 6) is 2.29.